The minimum atomic E-state index is -0.593. The summed E-state index contributed by atoms with van der Waals surface area (Å²) >= 11 is 0. The van der Waals surface area contributed by atoms with Gasteiger partial charge in [0.2, 0.25) is 5.95 Å². The van der Waals surface area contributed by atoms with Crippen molar-refractivity contribution in [2.45, 2.75) is 6.10 Å². The molecule has 0 saturated carbocycles. The fraction of sp³-hybridized carbons (Fsp3) is 0.500. The van der Waals surface area contributed by atoms with Crippen molar-refractivity contribution < 1.29 is 14.6 Å². The minimum absolute atomic E-state index is 0.261. The molecule has 6 heteroatoms. The van der Waals surface area contributed by atoms with Crippen LogP contribution in [0.15, 0.2) is 12.4 Å². The van der Waals surface area contributed by atoms with E-state index in [1.165, 1.54) is 19.5 Å². The molecule has 0 aliphatic rings. The standard InChI is InChI=1S/C10H15N3O3/c1-13(5-9(15)7-16-2)10-11-3-8(6-14)4-12-10/h3-4,6,9,15H,5,7H2,1-2H3. The van der Waals surface area contributed by atoms with Gasteiger partial charge in [0.25, 0.3) is 0 Å². The van der Waals surface area contributed by atoms with Gasteiger partial charge in [-0.2, -0.15) is 0 Å². The summed E-state index contributed by atoms with van der Waals surface area (Å²) in [5.74, 6) is 0.459. The molecule has 1 aromatic rings. The van der Waals surface area contributed by atoms with Gasteiger partial charge in [-0.15, -0.1) is 0 Å². The lowest BCUT2D eigenvalue weighted by Gasteiger charge is -2.19. The SMILES string of the molecule is COCC(O)CN(C)c1ncc(C=O)cn1. The summed E-state index contributed by atoms with van der Waals surface area (Å²) in [6.45, 7) is 0.630. The highest BCUT2D eigenvalue weighted by Crippen LogP contribution is 2.04. The highest BCUT2D eigenvalue weighted by molar-refractivity contribution is 5.73. The summed E-state index contributed by atoms with van der Waals surface area (Å²) in [5.41, 5.74) is 0.426. The molecule has 6 nitrogen and oxygen atoms in total. The highest BCUT2D eigenvalue weighted by atomic mass is 16.5. The van der Waals surface area contributed by atoms with E-state index >= 15 is 0 Å². The summed E-state index contributed by atoms with van der Waals surface area (Å²) in [6.07, 6.45) is 2.97. The Morgan fingerprint density at radius 3 is 2.69 bits per heavy atom. The predicted octanol–water partition coefficient (Wildman–Crippen LogP) is -0.267. The monoisotopic (exact) mass is 225 g/mol. The van der Waals surface area contributed by atoms with Crippen molar-refractivity contribution in [1.82, 2.24) is 9.97 Å². The van der Waals surface area contributed by atoms with E-state index in [1.54, 1.807) is 11.9 Å². The first-order valence-corrected chi connectivity index (χ1v) is 4.82. The van der Waals surface area contributed by atoms with Gasteiger partial charge in [-0.25, -0.2) is 9.97 Å². The van der Waals surface area contributed by atoms with Gasteiger partial charge in [0.1, 0.15) is 0 Å². The van der Waals surface area contributed by atoms with Crippen molar-refractivity contribution in [3.8, 4) is 0 Å². The number of ether oxygens (including phenoxy) is 1. The van der Waals surface area contributed by atoms with Crippen LogP contribution in [0.25, 0.3) is 0 Å². The second kappa shape index (κ2) is 6.14. The number of carbonyl (C=O) groups is 1. The highest BCUT2D eigenvalue weighted by Gasteiger charge is 2.10. The molecular formula is C10H15N3O3. The summed E-state index contributed by atoms with van der Waals surface area (Å²) in [6, 6.07) is 0. The van der Waals surface area contributed by atoms with E-state index in [9.17, 15) is 9.90 Å². The Morgan fingerprint density at radius 2 is 2.19 bits per heavy atom. The number of aromatic nitrogens is 2. The molecule has 16 heavy (non-hydrogen) atoms. The fourth-order valence-corrected chi connectivity index (χ4v) is 1.23. The van der Waals surface area contributed by atoms with Crippen molar-refractivity contribution in [2.75, 3.05) is 32.2 Å². The third-order valence-electron chi connectivity index (χ3n) is 1.98. The van der Waals surface area contributed by atoms with E-state index in [4.69, 9.17) is 4.74 Å². The zero-order valence-corrected chi connectivity index (χ0v) is 9.33. The van der Waals surface area contributed by atoms with Crippen LogP contribution in [0.3, 0.4) is 0 Å². The Morgan fingerprint density at radius 1 is 1.56 bits per heavy atom. The van der Waals surface area contributed by atoms with Crippen molar-refractivity contribution in [2.24, 2.45) is 0 Å². The second-order valence-corrected chi connectivity index (χ2v) is 3.42. The Labute approximate surface area is 93.9 Å². The number of rotatable bonds is 6. The van der Waals surface area contributed by atoms with Crippen LogP contribution in [0.4, 0.5) is 5.95 Å². The minimum Gasteiger partial charge on any atom is -0.389 e. The van der Waals surface area contributed by atoms with Gasteiger partial charge in [0.05, 0.1) is 18.3 Å². The number of carbonyl (C=O) groups excluding carboxylic acids is 1. The Hall–Kier alpha value is -1.53. The van der Waals surface area contributed by atoms with E-state index in [2.05, 4.69) is 9.97 Å². The molecule has 0 bridgehead atoms. The maximum atomic E-state index is 10.4. The molecule has 1 heterocycles. The molecule has 88 valence electrons. The van der Waals surface area contributed by atoms with E-state index < -0.39 is 6.10 Å². The van der Waals surface area contributed by atoms with Crippen molar-refractivity contribution in [1.29, 1.82) is 0 Å². The number of methoxy groups -OCH3 is 1. The number of aldehydes is 1. The number of hydrogen-bond donors (Lipinski definition) is 1. The number of aliphatic hydroxyl groups is 1. The van der Waals surface area contributed by atoms with Gasteiger partial charge in [-0.1, -0.05) is 0 Å². The largest absolute Gasteiger partial charge is 0.389 e. The normalized spacial score (nSPS) is 12.2. The van der Waals surface area contributed by atoms with Crippen LogP contribution in [0.1, 0.15) is 10.4 Å². The van der Waals surface area contributed by atoms with Crippen LogP contribution < -0.4 is 4.90 Å². The molecule has 0 fully saturated rings. The number of anilines is 1. The molecule has 1 unspecified atom stereocenters. The van der Waals surface area contributed by atoms with Gasteiger partial charge in [-0.05, 0) is 0 Å². The number of hydrogen-bond acceptors (Lipinski definition) is 6. The van der Waals surface area contributed by atoms with E-state index in [0.29, 0.717) is 24.3 Å². The maximum Gasteiger partial charge on any atom is 0.225 e. The number of nitrogens with zero attached hydrogens (tertiary/aromatic N) is 3. The van der Waals surface area contributed by atoms with Crippen LogP contribution in [-0.2, 0) is 4.74 Å². The van der Waals surface area contributed by atoms with E-state index in [1.807, 2.05) is 0 Å². The summed E-state index contributed by atoms with van der Waals surface area (Å²) in [5, 5.41) is 9.50. The lowest BCUT2D eigenvalue weighted by molar-refractivity contribution is 0.0693. The average Bonchev–Trinajstić information content (AvgIpc) is 2.29. The molecule has 1 aromatic heterocycles. The molecule has 0 spiro atoms. The molecule has 0 radical (unpaired) electrons. The van der Waals surface area contributed by atoms with E-state index in [-0.39, 0.29) is 6.61 Å². The number of aliphatic hydroxyl groups excluding tert-OH is 1. The molecule has 0 aliphatic carbocycles. The lowest BCUT2D eigenvalue weighted by atomic mass is 10.3. The molecule has 1 N–H and O–H groups in total. The van der Waals surface area contributed by atoms with Gasteiger partial charge < -0.3 is 14.7 Å². The molecule has 0 saturated heterocycles. The Kier molecular flexibility index (Phi) is 4.81. The topological polar surface area (TPSA) is 75.6 Å². The maximum absolute atomic E-state index is 10.4. The first-order valence-electron chi connectivity index (χ1n) is 4.82. The fourth-order valence-electron chi connectivity index (χ4n) is 1.23. The van der Waals surface area contributed by atoms with Gasteiger partial charge in [0, 0.05) is 33.1 Å². The van der Waals surface area contributed by atoms with Crippen molar-refractivity contribution in [3.05, 3.63) is 18.0 Å². The van der Waals surface area contributed by atoms with Gasteiger partial charge in [0.15, 0.2) is 6.29 Å². The first kappa shape index (κ1) is 12.5. The Balaban J connectivity index is 2.58. The van der Waals surface area contributed by atoms with Crippen LogP contribution in [0, 0.1) is 0 Å². The molecule has 0 aliphatic heterocycles. The van der Waals surface area contributed by atoms with Gasteiger partial charge in [-0.3, -0.25) is 4.79 Å². The third kappa shape index (κ3) is 3.56. The molecular weight excluding hydrogens is 210 g/mol. The van der Waals surface area contributed by atoms with Crippen LogP contribution in [0.5, 0.6) is 0 Å². The number of likely N-dealkylation sites (N-methyl/N-ethyl adjacent to an activating group) is 1. The van der Waals surface area contributed by atoms with Crippen LogP contribution >= 0.6 is 0 Å². The second-order valence-electron chi connectivity index (χ2n) is 3.42. The van der Waals surface area contributed by atoms with E-state index in [0.717, 1.165) is 0 Å². The smallest absolute Gasteiger partial charge is 0.225 e. The average molecular weight is 225 g/mol. The van der Waals surface area contributed by atoms with Crippen molar-refractivity contribution >= 4 is 12.2 Å². The van der Waals surface area contributed by atoms with Crippen LogP contribution in [0.2, 0.25) is 0 Å². The first-order chi connectivity index (χ1) is 7.67. The van der Waals surface area contributed by atoms with Crippen molar-refractivity contribution in [3.63, 3.8) is 0 Å². The summed E-state index contributed by atoms with van der Waals surface area (Å²) in [7, 11) is 3.29. The third-order valence-corrected chi connectivity index (χ3v) is 1.98. The molecule has 1 rings (SSSR count). The predicted molar refractivity (Wildman–Crippen MR) is 58.6 cm³/mol. The summed E-state index contributed by atoms with van der Waals surface area (Å²) in [4.78, 5) is 20.1. The Bertz CT molecular complexity index is 329. The van der Waals surface area contributed by atoms with Gasteiger partial charge >= 0.3 is 0 Å². The quantitative estimate of drug-likeness (QED) is 0.672. The molecule has 0 amide bonds. The van der Waals surface area contributed by atoms with Crippen LogP contribution in [-0.4, -0.2) is 54.8 Å². The zero-order chi connectivity index (χ0) is 12.0. The summed E-state index contributed by atoms with van der Waals surface area (Å²) < 4.78 is 4.81. The molecule has 0 aromatic carbocycles. The molecule has 1 atom stereocenters. The zero-order valence-electron chi connectivity index (χ0n) is 9.33. The lowest BCUT2D eigenvalue weighted by Crippen LogP contribution is -2.32.